The topological polar surface area (TPSA) is 93.1 Å². The summed E-state index contributed by atoms with van der Waals surface area (Å²) in [4.78, 5) is 37.7. The molecule has 7 nitrogen and oxygen atoms in total. The fraction of sp³-hybridized carbons (Fsp3) is 0.0833. The Bertz CT molecular complexity index is 1310. The molecule has 4 rings (SSSR count). The summed E-state index contributed by atoms with van der Waals surface area (Å²) in [5.74, 6) is -0.649. The standard InChI is InChI=1S/C24H20N4O3/c1-25-22(29)17-11-13-18(14-12-17)26-23(30)21-19-9-5-6-10-20(19)24(31)28(27-21)15-16-7-3-2-4-8-16/h2-14H,15H2,1H3,(H,25,29)(H,26,30). The van der Waals surface area contributed by atoms with E-state index in [1.165, 1.54) is 4.68 Å². The van der Waals surface area contributed by atoms with Crippen molar-refractivity contribution in [1.82, 2.24) is 15.1 Å². The van der Waals surface area contributed by atoms with Crippen LogP contribution in [0.2, 0.25) is 0 Å². The highest BCUT2D eigenvalue weighted by molar-refractivity contribution is 6.11. The van der Waals surface area contributed by atoms with E-state index in [1.807, 2.05) is 30.3 Å². The number of benzene rings is 3. The van der Waals surface area contributed by atoms with Crippen molar-refractivity contribution < 1.29 is 9.59 Å². The Morgan fingerprint density at radius 2 is 1.48 bits per heavy atom. The van der Waals surface area contributed by atoms with Crippen molar-refractivity contribution >= 4 is 28.3 Å². The monoisotopic (exact) mass is 412 g/mol. The molecule has 0 unspecified atom stereocenters. The Morgan fingerprint density at radius 1 is 0.839 bits per heavy atom. The molecule has 31 heavy (non-hydrogen) atoms. The van der Waals surface area contributed by atoms with Gasteiger partial charge in [0.05, 0.1) is 11.9 Å². The second-order valence-corrected chi connectivity index (χ2v) is 6.95. The van der Waals surface area contributed by atoms with E-state index in [4.69, 9.17) is 0 Å². The molecule has 7 heteroatoms. The van der Waals surface area contributed by atoms with E-state index >= 15 is 0 Å². The average Bonchev–Trinajstić information content (AvgIpc) is 2.81. The molecule has 2 N–H and O–H groups in total. The van der Waals surface area contributed by atoms with Gasteiger partial charge in [-0.15, -0.1) is 0 Å². The van der Waals surface area contributed by atoms with Crippen LogP contribution in [0.15, 0.2) is 83.7 Å². The highest BCUT2D eigenvalue weighted by atomic mass is 16.2. The smallest absolute Gasteiger partial charge is 0.276 e. The van der Waals surface area contributed by atoms with E-state index in [0.717, 1.165) is 5.56 Å². The van der Waals surface area contributed by atoms with Crippen molar-refractivity contribution in [2.75, 3.05) is 12.4 Å². The van der Waals surface area contributed by atoms with Crippen LogP contribution in [0.4, 0.5) is 5.69 Å². The minimum atomic E-state index is -0.439. The minimum Gasteiger partial charge on any atom is -0.355 e. The number of rotatable bonds is 5. The first kappa shape index (κ1) is 20.0. The molecule has 0 aliphatic heterocycles. The molecule has 0 radical (unpaired) electrons. The lowest BCUT2D eigenvalue weighted by atomic mass is 10.1. The molecule has 0 spiro atoms. The van der Waals surface area contributed by atoms with E-state index in [2.05, 4.69) is 15.7 Å². The van der Waals surface area contributed by atoms with Crippen LogP contribution in [0.25, 0.3) is 10.8 Å². The third kappa shape index (κ3) is 4.20. The Morgan fingerprint density at radius 3 is 2.16 bits per heavy atom. The van der Waals surface area contributed by atoms with Crippen LogP contribution in [0, 0.1) is 0 Å². The van der Waals surface area contributed by atoms with Gasteiger partial charge >= 0.3 is 0 Å². The Hall–Kier alpha value is -4.26. The van der Waals surface area contributed by atoms with Crippen LogP contribution < -0.4 is 16.2 Å². The molecule has 0 aliphatic carbocycles. The van der Waals surface area contributed by atoms with Gasteiger partial charge in [-0.25, -0.2) is 4.68 Å². The summed E-state index contributed by atoms with van der Waals surface area (Å²) in [6.45, 7) is 0.256. The Balaban J connectivity index is 1.70. The van der Waals surface area contributed by atoms with Crippen LogP contribution in [0.5, 0.6) is 0 Å². The third-order valence-corrected chi connectivity index (χ3v) is 4.89. The summed E-state index contributed by atoms with van der Waals surface area (Å²) in [7, 11) is 1.55. The normalized spacial score (nSPS) is 10.6. The van der Waals surface area contributed by atoms with Crippen molar-refractivity contribution in [3.63, 3.8) is 0 Å². The zero-order valence-corrected chi connectivity index (χ0v) is 16.8. The summed E-state index contributed by atoms with van der Waals surface area (Å²) in [5, 5.41) is 10.6. The predicted octanol–water partition coefficient (Wildman–Crippen LogP) is 3.06. The van der Waals surface area contributed by atoms with Gasteiger partial charge in [-0.2, -0.15) is 5.10 Å². The average molecular weight is 412 g/mol. The third-order valence-electron chi connectivity index (χ3n) is 4.89. The molecule has 1 heterocycles. The fourth-order valence-electron chi connectivity index (χ4n) is 3.31. The van der Waals surface area contributed by atoms with E-state index in [1.54, 1.807) is 55.6 Å². The lowest BCUT2D eigenvalue weighted by molar-refractivity contribution is 0.0962. The van der Waals surface area contributed by atoms with Crippen LogP contribution >= 0.6 is 0 Å². The lowest BCUT2D eigenvalue weighted by Gasteiger charge is -2.12. The summed E-state index contributed by atoms with van der Waals surface area (Å²) in [6, 6.07) is 22.9. The first-order valence-corrected chi connectivity index (χ1v) is 9.74. The minimum absolute atomic E-state index is 0.154. The van der Waals surface area contributed by atoms with Crippen LogP contribution in [-0.4, -0.2) is 28.6 Å². The van der Waals surface area contributed by atoms with Gasteiger partial charge < -0.3 is 10.6 Å². The molecule has 1 aromatic heterocycles. The summed E-state index contributed by atoms with van der Waals surface area (Å²) >= 11 is 0. The number of nitrogens with zero attached hydrogens (tertiary/aromatic N) is 2. The van der Waals surface area contributed by atoms with E-state index < -0.39 is 5.91 Å². The first-order chi connectivity index (χ1) is 15.1. The number of carbonyl (C=O) groups is 2. The van der Waals surface area contributed by atoms with Crippen molar-refractivity contribution in [2.24, 2.45) is 0 Å². The van der Waals surface area contributed by atoms with Crippen molar-refractivity contribution in [1.29, 1.82) is 0 Å². The maximum Gasteiger partial charge on any atom is 0.276 e. The van der Waals surface area contributed by atoms with Crippen molar-refractivity contribution in [3.8, 4) is 0 Å². The van der Waals surface area contributed by atoms with Crippen LogP contribution in [0.1, 0.15) is 26.4 Å². The van der Waals surface area contributed by atoms with Crippen molar-refractivity contribution in [2.45, 2.75) is 6.54 Å². The van der Waals surface area contributed by atoms with Gasteiger partial charge in [0.15, 0.2) is 5.69 Å². The molecule has 0 atom stereocenters. The number of hydrogen-bond acceptors (Lipinski definition) is 4. The first-order valence-electron chi connectivity index (χ1n) is 9.74. The molecule has 0 saturated carbocycles. The number of aromatic nitrogens is 2. The fourth-order valence-corrected chi connectivity index (χ4v) is 3.31. The summed E-state index contributed by atoms with van der Waals surface area (Å²) < 4.78 is 1.31. The molecule has 0 fully saturated rings. The maximum absolute atomic E-state index is 13.1. The lowest BCUT2D eigenvalue weighted by Crippen LogP contribution is -2.28. The molecule has 0 aliphatic rings. The molecular formula is C24H20N4O3. The van der Waals surface area contributed by atoms with Gasteiger partial charge in [-0.05, 0) is 35.9 Å². The van der Waals surface area contributed by atoms with Gasteiger partial charge in [0.25, 0.3) is 17.4 Å². The Kier molecular flexibility index (Phi) is 5.57. The number of nitrogens with one attached hydrogen (secondary N) is 2. The molecule has 4 aromatic rings. The van der Waals surface area contributed by atoms with Gasteiger partial charge in [-0.3, -0.25) is 14.4 Å². The van der Waals surface area contributed by atoms with E-state index in [0.29, 0.717) is 22.0 Å². The van der Waals surface area contributed by atoms with Gasteiger partial charge in [-0.1, -0.05) is 48.5 Å². The predicted molar refractivity (Wildman–Crippen MR) is 119 cm³/mol. The van der Waals surface area contributed by atoms with E-state index in [9.17, 15) is 14.4 Å². The molecule has 0 saturated heterocycles. The van der Waals surface area contributed by atoms with E-state index in [-0.39, 0.29) is 23.7 Å². The quantitative estimate of drug-likeness (QED) is 0.527. The number of anilines is 1. The highest BCUT2D eigenvalue weighted by Crippen LogP contribution is 2.17. The zero-order chi connectivity index (χ0) is 21.8. The maximum atomic E-state index is 13.1. The second-order valence-electron chi connectivity index (χ2n) is 6.95. The summed E-state index contributed by atoms with van der Waals surface area (Å²) in [6.07, 6.45) is 0. The molecule has 2 amide bonds. The SMILES string of the molecule is CNC(=O)c1ccc(NC(=O)c2nn(Cc3ccccc3)c(=O)c3ccccc23)cc1. The zero-order valence-electron chi connectivity index (χ0n) is 16.8. The molecule has 0 bridgehead atoms. The van der Waals surface area contributed by atoms with Crippen LogP contribution in [0.3, 0.4) is 0 Å². The Labute approximate surface area is 178 Å². The van der Waals surface area contributed by atoms with Crippen LogP contribution in [-0.2, 0) is 6.54 Å². The number of hydrogen-bond donors (Lipinski definition) is 2. The number of carbonyl (C=O) groups excluding carboxylic acids is 2. The highest BCUT2D eigenvalue weighted by Gasteiger charge is 2.17. The number of amides is 2. The molecular weight excluding hydrogens is 392 g/mol. The molecule has 154 valence electrons. The van der Waals surface area contributed by atoms with Gasteiger partial charge in [0, 0.05) is 23.7 Å². The summed E-state index contributed by atoms with van der Waals surface area (Å²) in [5.41, 5.74) is 1.81. The second kappa shape index (κ2) is 8.62. The number of fused-ring (bicyclic) bond motifs is 1. The largest absolute Gasteiger partial charge is 0.355 e. The van der Waals surface area contributed by atoms with Gasteiger partial charge in [0.2, 0.25) is 0 Å². The van der Waals surface area contributed by atoms with Crippen molar-refractivity contribution in [3.05, 3.63) is 106 Å². The van der Waals surface area contributed by atoms with Gasteiger partial charge in [0.1, 0.15) is 0 Å². The molecule has 3 aromatic carbocycles.